The molecule has 8 rings (SSSR count). The first-order chi connectivity index (χ1) is 25.7. The van der Waals surface area contributed by atoms with Gasteiger partial charge in [0.1, 0.15) is 23.4 Å². The molecule has 0 aliphatic carbocycles. The van der Waals surface area contributed by atoms with Crippen molar-refractivity contribution in [3.05, 3.63) is 121 Å². The van der Waals surface area contributed by atoms with Crippen LogP contribution in [0.5, 0.6) is 0 Å². The maximum atomic E-state index is 13.4. The summed E-state index contributed by atoms with van der Waals surface area (Å²) in [5, 5.41) is 17.1. The Balaban J connectivity index is 0.943. The number of fused-ring (bicyclic) bond motifs is 4. The van der Waals surface area contributed by atoms with Crippen LogP contribution >= 0.6 is 22.9 Å². The fourth-order valence-corrected chi connectivity index (χ4v) is 8.20. The molecule has 2 aromatic carbocycles. The molecule has 0 bridgehead atoms. The number of hydrogen-bond acceptors (Lipinski definition) is 9. The Kier molecular flexibility index (Phi) is 8.93. The molecule has 1 unspecified atom stereocenters. The highest BCUT2D eigenvalue weighted by molar-refractivity contribution is 7.15. The van der Waals surface area contributed by atoms with Crippen molar-refractivity contribution in [2.75, 3.05) is 0 Å². The fraction of sp³-hybridized carbons (Fsp3) is 0.231. The fourth-order valence-electron chi connectivity index (χ4n) is 6.84. The molecule has 1 fully saturated rings. The average Bonchev–Trinajstić information content (AvgIpc) is 3.87. The van der Waals surface area contributed by atoms with Crippen LogP contribution in [0.25, 0.3) is 11.1 Å². The molecule has 4 amide bonds. The molecule has 14 heteroatoms. The molecule has 3 aromatic heterocycles. The molecule has 5 aromatic rings. The second-order valence-corrected chi connectivity index (χ2v) is 14.3. The summed E-state index contributed by atoms with van der Waals surface area (Å²) in [5.74, 6) is 6.15. The normalized spacial score (nSPS) is 16.5. The van der Waals surface area contributed by atoms with Gasteiger partial charge in [-0.3, -0.25) is 43.6 Å². The maximum absolute atomic E-state index is 13.4. The molecule has 12 nitrogen and oxygen atoms in total. The van der Waals surface area contributed by atoms with E-state index in [2.05, 4.69) is 43.9 Å². The highest BCUT2D eigenvalue weighted by atomic mass is 35.5. The summed E-state index contributed by atoms with van der Waals surface area (Å²) in [6.07, 6.45) is 9.13. The van der Waals surface area contributed by atoms with Crippen molar-refractivity contribution >= 4 is 58.4 Å². The molecule has 3 aliphatic rings. The quantitative estimate of drug-likeness (QED) is 0.133. The van der Waals surface area contributed by atoms with Gasteiger partial charge in [-0.15, -0.1) is 21.5 Å². The summed E-state index contributed by atoms with van der Waals surface area (Å²) >= 11 is 7.78. The summed E-state index contributed by atoms with van der Waals surface area (Å²) < 4.78 is 3.92. The summed E-state index contributed by atoms with van der Waals surface area (Å²) in [6, 6.07) is 11.8. The van der Waals surface area contributed by atoms with Gasteiger partial charge in [0.05, 0.1) is 33.5 Å². The minimum atomic E-state index is -1.00. The van der Waals surface area contributed by atoms with Crippen molar-refractivity contribution in [3.8, 4) is 16.8 Å². The predicted octanol–water partition coefficient (Wildman–Crippen LogP) is 5.44. The molecule has 264 valence electrons. The van der Waals surface area contributed by atoms with Crippen LogP contribution in [0.3, 0.4) is 0 Å². The van der Waals surface area contributed by atoms with Gasteiger partial charge in [-0.25, -0.2) is 0 Å². The number of nitrogens with zero attached hydrogens (tertiary/aromatic N) is 7. The SMILES string of the molecule is Cc1c(C#Cc2cnn(CCC/C=C/c3cccc4c3C(=O)N(C3CCC(=O)NC3=O)C4=O)c2)sc2c1C(c1ccc(Cl)cc1)=NCc1nnc(C)n1-2. The molecule has 53 heavy (non-hydrogen) atoms. The number of benzene rings is 2. The van der Waals surface area contributed by atoms with E-state index in [1.807, 2.05) is 54.2 Å². The van der Waals surface area contributed by atoms with Crippen LogP contribution in [0.15, 0.2) is 65.9 Å². The van der Waals surface area contributed by atoms with Gasteiger partial charge in [0.25, 0.3) is 11.8 Å². The van der Waals surface area contributed by atoms with Crippen LogP contribution in [0.2, 0.25) is 5.02 Å². The highest BCUT2D eigenvalue weighted by Crippen LogP contribution is 2.37. The van der Waals surface area contributed by atoms with Crippen molar-refractivity contribution in [1.82, 2.24) is 34.8 Å². The smallest absolute Gasteiger partial charge is 0.262 e. The van der Waals surface area contributed by atoms with Crippen molar-refractivity contribution in [2.45, 2.75) is 58.7 Å². The molecule has 0 spiro atoms. The standard InChI is InChI=1S/C39H31ClN8O4S/c1-22-30(53-39-33(22)35(26-11-13-27(40)14-12-26)41-20-31-45-44-23(2)47(31)39)16-10-24-19-42-46(21-24)18-5-3-4-7-25-8-6-9-28-34(25)38(52)48(37(28)51)29-15-17-32(49)43-36(29)50/h4,6-9,11-14,19,21,29H,3,5,15,17-18,20H2,1-2H3,(H,43,49,50)/b7-4+. The van der Waals surface area contributed by atoms with Crippen LogP contribution < -0.4 is 5.32 Å². The number of unbranched alkanes of at least 4 members (excludes halogenated alkanes) is 1. The summed E-state index contributed by atoms with van der Waals surface area (Å²) in [7, 11) is 0. The number of hydrogen-bond donors (Lipinski definition) is 1. The third kappa shape index (κ3) is 6.30. The lowest BCUT2D eigenvalue weighted by Crippen LogP contribution is -2.54. The first-order valence-corrected chi connectivity index (χ1v) is 18.3. The predicted molar refractivity (Wildman–Crippen MR) is 199 cm³/mol. The number of amides is 4. The molecule has 1 saturated heterocycles. The van der Waals surface area contributed by atoms with Crippen LogP contribution in [0.4, 0.5) is 0 Å². The topological polar surface area (TPSA) is 144 Å². The lowest BCUT2D eigenvalue weighted by Gasteiger charge is -2.27. The van der Waals surface area contributed by atoms with E-state index in [4.69, 9.17) is 16.6 Å². The zero-order valence-electron chi connectivity index (χ0n) is 28.7. The zero-order valence-corrected chi connectivity index (χ0v) is 30.3. The molecule has 0 saturated carbocycles. The number of thiophene rings is 1. The number of carbonyl (C=O) groups is 4. The van der Waals surface area contributed by atoms with Crippen molar-refractivity contribution in [3.63, 3.8) is 0 Å². The molecule has 1 N–H and O–H groups in total. The van der Waals surface area contributed by atoms with Gasteiger partial charge in [-0.1, -0.05) is 59.9 Å². The third-order valence-corrected chi connectivity index (χ3v) is 10.9. The van der Waals surface area contributed by atoms with Crippen molar-refractivity contribution < 1.29 is 19.2 Å². The second kappa shape index (κ2) is 13.9. The summed E-state index contributed by atoms with van der Waals surface area (Å²) in [6.45, 7) is 5.07. The number of nitrogens with one attached hydrogen (secondary N) is 1. The van der Waals surface area contributed by atoms with Crippen LogP contribution in [0, 0.1) is 25.7 Å². The van der Waals surface area contributed by atoms with Gasteiger partial charge >= 0.3 is 0 Å². The number of carbonyl (C=O) groups excluding carboxylic acids is 4. The molecule has 6 heterocycles. The van der Waals surface area contributed by atoms with Gasteiger partial charge in [0, 0.05) is 35.3 Å². The second-order valence-electron chi connectivity index (χ2n) is 12.9. The molecular formula is C39H31ClN8O4S. The van der Waals surface area contributed by atoms with Crippen LogP contribution in [0.1, 0.15) is 90.7 Å². The van der Waals surface area contributed by atoms with Gasteiger partial charge in [0.15, 0.2) is 5.82 Å². The number of halogens is 1. The number of aromatic nitrogens is 5. The van der Waals surface area contributed by atoms with Gasteiger partial charge < -0.3 is 0 Å². The number of aliphatic imine (C=N–C) groups is 1. The zero-order chi connectivity index (χ0) is 36.8. The summed E-state index contributed by atoms with van der Waals surface area (Å²) in [5.41, 5.74) is 5.81. The van der Waals surface area contributed by atoms with Crippen molar-refractivity contribution in [1.29, 1.82) is 0 Å². The lowest BCUT2D eigenvalue weighted by atomic mass is 10.00. The lowest BCUT2D eigenvalue weighted by molar-refractivity contribution is -0.136. The van der Waals surface area contributed by atoms with Gasteiger partial charge in [-0.05, 0) is 62.4 Å². The first kappa shape index (κ1) is 34.1. The highest BCUT2D eigenvalue weighted by Gasteiger charge is 2.45. The Labute approximate surface area is 313 Å². The van der Waals surface area contributed by atoms with E-state index < -0.39 is 29.7 Å². The third-order valence-electron chi connectivity index (χ3n) is 9.47. The Morgan fingerprint density at radius 3 is 2.66 bits per heavy atom. The van der Waals surface area contributed by atoms with Crippen LogP contribution in [-0.4, -0.2) is 64.8 Å². The van der Waals surface area contributed by atoms with E-state index in [-0.39, 0.29) is 24.0 Å². The Bertz CT molecular complexity index is 2480. The maximum Gasteiger partial charge on any atom is 0.262 e. The van der Waals surface area contributed by atoms with E-state index >= 15 is 0 Å². The molecule has 0 radical (unpaired) electrons. The minimum absolute atomic E-state index is 0.0741. The summed E-state index contributed by atoms with van der Waals surface area (Å²) in [4.78, 5) is 57.4. The molecule has 1 atom stereocenters. The number of piperidine rings is 1. The van der Waals surface area contributed by atoms with E-state index in [1.165, 1.54) is 0 Å². The first-order valence-electron chi connectivity index (χ1n) is 17.1. The van der Waals surface area contributed by atoms with Gasteiger partial charge in [-0.2, -0.15) is 5.10 Å². The number of imide groups is 2. The van der Waals surface area contributed by atoms with E-state index in [0.717, 1.165) is 60.8 Å². The minimum Gasteiger partial charge on any atom is -0.295 e. The van der Waals surface area contributed by atoms with Crippen LogP contribution in [-0.2, 0) is 22.7 Å². The van der Waals surface area contributed by atoms with Gasteiger partial charge in [0.2, 0.25) is 11.8 Å². The van der Waals surface area contributed by atoms with E-state index in [1.54, 1.807) is 35.7 Å². The number of allylic oxidation sites excluding steroid dienone is 1. The Hall–Kier alpha value is -5.97. The number of aryl methyl sites for hydroxylation is 2. The van der Waals surface area contributed by atoms with Crippen molar-refractivity contribution in [2.24, 2.45) is 4.99 Å². The monoisotopic (exact) mass is 742 g/mol. The molecular weight excluding hydrogens is 712 g/mol. The van der Waals surface area contributed by atoms with E-state index in [0.29, 0.717) is 30.1 Å². The van der Waals surface area contributed by atoms with E-state index in [9.17, 15) is 19.2 Å². The Morgan fingerprint density at radius 2 is 1.85 bits per heavy atom. The largest absolute Gasteiger partial charge is 0.295 e. The Morgan fingerprint density at radius 1 is 1.02 bits per heavy atom. The average molecular weight is 743 g/mol. The number of rotatable bonds is 7. The molecule has 3 aliphatic heterocycles.